The van der Waals surface area contributed by atoms with E-state index in [-0.39, 0.29) is 12.6 Å². The van der Waals surface area contributed by atoms with Gasteiger partial charge in [0, 0.05) is 19.2 Å². The van der Waals surface area contributed by atoms with Crippen molar-refractivity contribution in [1.82, 2.24) is 4.98 Å². The van der Waals surface area contributed by atoms with Gasteiger partial charge in [0.25, 0.3) is 0 Å². The molecule has 1 aromatic heterocycles. The Hall–Kier alpha value is -1.62. The average Bonchev–Trinajstić information content (AvgIpc) is 2.53. The van der Waals surface area contributed by atoms with Crippen LogP contribution in [0.25, 0.3) is 0 Å². The number of aromatic nitrogens is 1. The first kappa shape index (κ1) is 17.4. The lowest BCUT2D eigenvalue weighted by Crippen LogP contribution is -2.11. The highest BCUT2D eigenvalue weighted by Gasteiger charge is 2.12. The molecule has 1 rings (SSSR count). The maximum atomic E-state index is 11.2. The van der Waals surface area contributed by atoms with E-state index >= 15 is 0 Å². The number of aliphatic hydroxyl groups excluding tert-OH is 1. The van der Waals surface area contributed by atoms with Gasteiger partial charge in [0.15, 0.2) is 0 Å². The number of ether oxygens (including phenoxy) is 2. The molecule has 1 aromatic rings. The number of unbranched alkanes of at least 4 members (excludes halogenated alkanes) is 1. The van der Waals surface area contributed by atoms with Crippen LogP contribution in [0.1, 0.15) is 38.5 Å². The number of esters is 1. The number of hydrogen-bond donors (Lipinski definition) is 1. The van der Waals surface area contributed by atoms with Crippen molar-refractivity contribution in [3.63, 3.8) is 0 Å². The second-order valence-electron chi connectivity index (χ2n) is 5.03. The van der Waals surface area contributed by atoms with Crippen molar-refractivity contribution in [2.45, 2.75) is 38.5 Å². The number of rotatable bonds is 11. The predicted octanol–water partition coefficient (Wildman–Crippen LogP) is 2.58. The Kier molecular flexibility index (Phi) is 9.20. The molecule has 0 aromatic carbocycles. The van der Waals surface area contributed by atoms with Crippen LogP contribution in [0.2, 0.25) is 0 Å². The molecule has 5 heteroatoms. The Labute approximate surface area is 126 Å². The minimum Gasteiger partial charge on any atom is -0.492 e. The van der Waals surface area contributed by atoms with Crippen molar-refractivity contribution >= 4 is 5.97 Å². The summed E-state index contributed by atoms with van der Waals surface area (Å²) in [5, 5.41) is 8.85. The molecule has 0 bridgehead atoms. The molecule has 0 fully saturated rings. The fourth-order valence-corrected chi connectivity index (χ4v) is 2.18. The van der Waals surface area contributed by atoms with Gasteiger partial charge >= 0.3 is 5.97 Å². The molecular formula is C16H25NO4. The van der Waals surface area contributed by atoms with Crippen LogP contribution in [0.4, 0.5) is 0 Å². The van der Waals surface area contributed by atoms with Crippen LogP contribution >= 0.6 is 0 Å². The van der Waals surface area contributed by atoms with Gasteiger partial charge in [-0.3, -0.25) is 9.78 Å². The van der Waals surface area contributed by atoms with Crippen LogP contribution in [-0.4, -0.2) is 36.4 Å². The van der Waals surface area contributed by atoms with Gasteiger partial charge in [-0.15, -0.1) is 0 Å². The highest BCUT2D eigenvalue weighted by molar-refractivity contribution is 5.69. The van der Waals surface area contributed by atoms with E-state index in [0.717, 1.165) is 37.9 Å². The summed E-state index contributed by atoms with van der Waals surface area (Å²) >= 11 is 0. The van der Waals surface area contributed by atoms with Crippen molar-refractivity contribution in [2.24, 2.45) is 5.92 Å². The minimum atomic E-state index is -0.171. The third kappa shape index (κ3) is 8.30. The van der Waals surface area contributed by atoms with Crippen molar-refractivity contribution in [3.8, 4) is 5.75 Å². The van der Waals surface area contributed by atoms with Crippen molar-refractivity contribution in [3.05, 3.63) is 24.5 Å². The number of hydrogen-bond acceptors (Lipinski definition) is 5. The second-order valence-corrected chi connectivity index (χ2v) is 5.03. The highest BCUT2D eigenvalue weighted by Crippen LogP contribution is 2.20. The summed E-state index contributed by atoms with van der Waals surface area (Å²) in [4.78, 5) is 15.2. The van der Waals surface area contributed by atoms with E-state index in [9.17, 15) is 4.79 Å². The number of carbonyl (C=O) groups is 1. The van der Waals surface area contributed by atoms with Crippen molar-refractivity contribution in [2.75, 3.05) is 20.3 Å². The average molecular weight is 295 g/mol. The number of carbonyl (C=O) groups excluding carboxylic acids is 1. The van der Waals surface area contributed by atoms with Gasteiger partial charge in [-0.1, -0.05) is 12.8 Å². The molecule has 1 N–H and O–H groups in total. The molecule has 0 unspecified atom stereocenters. The molecule has 1 heterocycles. The Balaban J connectivity index is 2.31. The lowest BCUT2D eigenvalue weighted by molar-refractivity contribution is -0.141. The second kappa shape index (κ2) is 11.1. The van der Waals surface area contributed by atoms with Gasteiger partial charge in [0.05, 0.1) is 19.9 Å². The molecule has 21 heavy (non-hydrogen) atoms. The predicted molar refractivity (Wildman–Crippen MR) is 80.0 cm³/mol. The lowest BCUT2D eigenvalue weighted by atomic mass is 9.94. The fraction of sp³-hybridized carbons (Fsp3) is 0.625. The van der Waals surface area contributed by atoms with Crippen LogP contribution < -0.4 is 4.74 Å². The van der Waals surface area contributed by atoms with E-state index in [2.05, 4.69) is 9.72 Å². The molecule has 0 saturated heterocycles. The first-order valence-electron chi connectivity index (χ1n) is 7.46. The largest absolute Gasteiger partial charge is 0.492 e. The molecule has 0 radical (unpaired) electrons. The third-order valence-electron chi connectivity index (χ3n) is 3.43. The summed E-state index contributed by atoms with van der Waals surface area (Å²) in [6.07, 6.45) is 8.29. The normalized spacial score (nSPS) is 11.9. The molecular weight excluding hydrogens is 270 g/mol. The van der Waals surface area contributed by atoms with Gasteiger partial charge in [0.1, 0.15) is 5.75 Å². The molecule has 1 atom stereocenters. The maximum Gasteiger partial charge on any atom is 0.305 e. The van der Waals surface area contributed by atoms with E-state index in [0.29, 0.717) is 18.9 Å². The first-order chi connectivity index (χ1) is 10.3. The quantitative estimate of drug-likeness (QED) is 0.502. The van der Waals surface area contributed by atoms with Gasteiger partial charge in [-0.2, -0.15) is 0 Å². The smallest absolute Gasteiger partial charge is 0.305 e. The number of nitrogens with zero attached hydrogens (tertiary/aromatic N) is 1. The zero-order valence-corrected chi connectivity index (χ0v) is 12.7. The summed E-state index contributed by atoms with van der Waals surface area (Å²) in [7, 11) is 1.41. The monoisotopic (exact) mass is 295 g/mol. The van der Waals surface area contributed by atoms with E-state index < -0.39 is 0 Å². The first-order valence-corrected chi connectivity index (χ1v) is 7.46. The summed E-state index contributed by atoms with van der Waals surface area (Å²) in [5.74, 6) is 1.00. The third-order valence-corrected chi connectivity index (χ3v) is 3.43. The fourth-order valence-electron chi connectivity index (χ4n) is 2.18. The molecule has 0 saturated carbocycles. The number of aliphatic hydroxyl groups is 1. The zero-order chi connectivity index (χ0) is 15.3. The van der Waals surface area contributed by atoms with Crippen molar-refractivity contribution < 1.29 is 19.4 Å². The molecule has 5 nitrogen and oxygen atoms in total. The van der Waals surface area contributed by atoms with E-state index in [1.807, 2.05) is 12.1 Å². The zero-order valence-electron chi connectivity index (χ0n) is 12.7. The summed E-state index contributed by atoms with van der Waals surface area (Å²) in [6, 6.07) is 3.72. The maximum absolute atomic E-state index is 11.2. The Morgan fingerprint density at radius 1 is 1.33 bits per heavy atom. The number of methoxy groups -OCH3 is 1. The van der Waals surface area contributed by atoms with Crippen LogP contribution in [0.15, 0.2) is 24.5 Å². The van der Waals surface area contributed by atoms with Crippen LogP contribution in [-0.2, 0) is 9.53 Å². The van der Waals surface area contributed by atoms with E-state index in [1.165, 1.54) is 7.11 Å². The lowest BCUT2D eigenvalue weighted by Gasteiger charge is -2.16. The molecule has 118 valence electrons. The van der Waals surface area contributed by atoms with Gasteiger partial charge < -0.3 is 14.6 Å². The summed E-state index contributed by atoms with van der Waals surface area (Å²) < 4.78 is 10.3. The minimum absolute atomic E-state index is 0.171. The van der Waals surface area contributed by atoms with Crippen LogP contribution in [0.5, 0.6) is 5.75 Å². The van der Waals surface area contributed by atoms with Gasteiger partial charge in [-0.05, 0) is 37.3 Å². The van der Waals surface area contributed by atoms with Crippen molar-refractivity contribution in [1.29, 1.82) is 0 Å². The van der Waals surface area contributed by atoms with E-state index in [1.54, 1.807) is 12.4 Å². The summed E-state index contributed by atoms with van der Waals surface area (Å²) in [5.41, 5.74) is 0. The van der Waals surface area contributed by atoms with Crippen LogP contribution in [0, 0.1) is 5.92 Å². The molecule has 0 spiro atoms. The van der Waals surface area contributed by atoms with E-state index in [4.69, 9.17) is 9.84 Å². The van der Waals surface area contributed by atoms with Gasteiger partial charge in [0.2, 0.25) is 0 Å². The van der Waals surface area contributed by atoms with Gasteiger partial charge in [-0.25, -0.2) is 0 Å². The Morgan fingerprint density at radius 2 is 2.19 bits per heavy atom. The number of pyridine rings is 1. The molecule has 0 aliphatic rings. The molecule has 0 amide bonds. The molecule has 0 aliphatic carbocycles. The van der Waals surface area contributed by atoms with Crippen LogP contribution in [0.3, 0.4) is 0 Å². The Morgan fingerprint density at radius 3 is 2.86 bits per heavy atom. The standard InChI is InChI=1S/C16H25NO4/c1-20-16(19)8-7-14(5-2-3-11-18)9-12-21-15-6-4-10-17-13-15/h4,6,10,13-14,18H,2-3,5,7-9,11-12H2,1H3/t14-/m0/s1. The SMILES string of the molecule is COC(=O)CC[C@H](CCCCO)CCOc1cccnc1. The Bertz CT molecular complexity index is 383. The topological polar surface area (TPSA) is 68.7 Å². The highest BCUT2D eigenvalue weighted by atomic mass is 16.5. The molecule has 0 aliphatic heterocycles. The summed E-state index contributed by atoms with van der Waals surface area (Å²) in [6.45, 7) is 0.826.